The van der Waals surface area contributed by atoms with Crippen LogP contribution in [0.3, 0.4) is 0 Å². The van der Waals surface area contributed by atoms with Crippen LogP contribution in [0.25, 0.3) is 0 Å². The molecule has 2 amide bonds. The van der Waals surface area contributed by atoms with Gasteiger partial charge in [0.15, 0.2) is 0 Å². The number of halogens is 2. The fourth-order valence-electron chi connectivity index (χ4n) is 4.61. The van der Waals surface area contributed by atoms with Gasteiger partial charge in [0.1, 0.15) is 6.04 Å². The zero-order valence-electron chi connectivity index (χ0n) is 22.4. The summed E-state index contributed by atoms with van der Waals surface area (Å²) < 4.78 is 27.1. The quantitative estimate of drug-likeness (QED) is 0.317. The van der Waals surface area contributed by atoms with Crippen LogP contribution < -0.4 is 5.32 Å². The molecule has 1 saturated heterocycles. The Hall–Kier alpha value is -2.91. The molecule has 3 aromatic carbocycles. The maximum atomic E-state index is 13.4. The molecule has 1 heterocycles. The molecule has 1 fully saturated rings. The van der Waals surface area contributed by atoms with Gasteiger partial charge in [-0.25, -0.2) is 8.42 Å². The van der Waals surface area contributed by atoms with Crippen molar-refractivity contribution in [1.82, 2.24) is 14.5 Å². The van der Waals surface area contributed by atoms with Crippen molar-refractivity contribution in [2.45, 2.75) is 56.6 Å². The highest BCUT2D eigenvalue weighted by Gasteiger charge is 2.28. The molecule has 0 saturated carbocycles. The molecular weight excluding hydrogens is 569 g/mol. The smallest absolute Gasteiger partial charge is 0.243 e. The molecule has 1 atom stereocenters. The first-order chi connectivity index (χ1) is 19.1. The fraction of sp³-hybridized carbons (Fsp3) is 0.333. The van der Waals surface area contributed by atoms with Crippen LogP contribution in [0, 0.1) is 0 Å². The lowest BCUT2D eigenvalue weighted by molar-refractivity contribution is -0.140. The summed E-state index contributed by atoms with van der Waals surface area (Å²) >= 11 is 12.0. The molecule has 4 rings (SSSR count). The molecule has 0 unspecified atom stereocenters. The van der Waals surface area contributed by atoms with Crippen molar-refractivity contribution in [3.05, 3.63) is 99.5 Å². The van der Waals surface area contributed by atoms with E-state index in [9.17, 15) is 18.0 Å². The first-order valence-corrected chi connectivity index (χ1v) is 15.5. The molecule has 0 bridgehead atoms. The van der Waals surface area contributed by atoms with Crippen LogP contribution in [0.4, 0.5) is 0 Å². The molecule has 1 N–H and O–H groups in total. The zero-order chi connectivity index (χ0) is 28.7. The largest absolute Gasteiger partial charge is 0.350 e. The van der Waals surface area contributed by atoms with Crippen LogP contribution in [0.1, 0.15) is 42.9 Å². The number of carbonyl (C=O) groups is 2. The molecule has 0 spiro atoms. The number of benzene rings is 3. The second-order valence-corrected chi connectivity index (χ2v) is 12.7. The average Bonchev–Trinajstić information content (AvgIpc) is 3.51. The third-order valence-electron chi connectivity index (χ3n) is 7.07. The molecular formula is C30H33Cl2N3O4S. The number of carbonyl (C=O) groups excluding carboxylic acids is 2. The Morgan fingerprint density at radius 3 is 1.95 bits per heavy atom. The number of hydrogen-bond donors (Lipinski definition) is 1. The van der Waals surface area contributed by atoms with Gasteiger partial charge in [0, 0.05) is 42.6 Å². The predicted molar refractivity (Wildman–Crippen MR) is 158 cm³/mol. The van der Waals surface area contributed by atoms with E-state index in [-0.39, 0.29) is 29.7 Å². The SMILES string of the molecule is C[C@@H](C(=O)NCc1ccc(Cl)cc1)N(Cc1ccc(Cl)cc1)C(=O)CCc1ccc(S(=O)(=O)N2CCCC2)cc1. The Bertz CT molecular complexity index is 1410. The topological polar surface area (TPSA) is 86.8 Å². The Morgan fingerprint density at radius 1 is 0.850 bits per heavy atom. The number of hydrogen-bond acceptors (Lipinski definition) is 4. The molecule has 7 nitrogen and oxygen atoms in total. The van der Waals surface area contributed by atoms with Crippen molar-refractivity contribution < 1.29 is 18.0 Å². The Balaban J connectivity index is 1.42. The van der Waals surface area contributed by atoms with E-state index in [2.05, 4.69) is 5.32 Å². The van der Waals surface area contributed by atoms with Crippen molar-refractivity contribution >= 4 is 45.0 Å². The van der Waals surface area contributed by atoms with Gasteiger partial charge in [0.05, 0.1) is 4.90 Å². The number of rotatable bonds is 11. The van der Waals surface area contributed by atoms with Gasteiger partial charge in [-0.3, -0.25) is 9.59 Å². The van der Waals surface area contributed by atoms with Gasteiger partial charge >= 0.3 is 0 Å². The zero-order valence-corrected chi connectivity index (χ0v) is 24.7. The Morgan fingerprint density at radius 2 is 1.38 bits per heavy atom. The standard InChI is InChI=1S/C30H33Cl2N3O4S/c1-22(30(37)33-20-24-4-11-26(31)12-5-24)35(21-25-6-13-27(32)14-7-25)29(36)17-10-23-8-15-28(16-9-23)40(38,39)34-18-2-3-19-34/h4-9,11-16,22H,2-3,10,17-21H2,1H3,(H,33,37)/t22-/m0/s1. The molecule has 1 aliphatic heterocycles. The van der Waals surface area contributed by atoms with Gasteiger partial charge in [-0.1, -0.05) is 59.6 Å². The van der Waals surface area contributed by atoms with Gasteiger partial charge in [-0.2, -0.15) is 4.31 Å². The van der Waals surface area contributed by atoms with E-state index < -0.39 is 16.1 Å². The minimum Gasteiger partial charge on any atom is -0.350 e. The number of nitrogens with one attached hydrogen (secondary N) is 1. The molecule has 10 heteroatoms. The number of nitrogens with zero attached hydrogens (tertiary/aromatic N) is 2. The molecule has 1 aliphatic rings. The highest BCUT2D eigenvalue weighted by molar-refractivity contribution is 7.89. The van der Waals surface area contributed by atoms with Gasteiger partial charge in [0.25, 0.3) is 0 Å². The molecule has 0 aliphatic carbocycles. The van der Waals surface area contributed by atoms with E-state index in [4.69, 9.17) is 23.2 Å². The molecule has 0 radical (unpaired) electrons. The summed E-state index contributed by atoms with van der Waals surface area (Å²) in [5.41, 5.74) is 2.60. The lowest BCUT2D eigenvalue weighted by Crippen LogP contribution is -2.47. The summed E-state index contributed by atoms with van der Waals surface area (Å²) in [5, 5.41) is 4.11. The van der Waals surface area contributed by atoms with Crippen LogP contribution in [0.5, 0.6) is 0 Å². The summed E-state index contributed by atoms with van der Waals surface area (Å²) in [4.78, 5) is 28.3. The van der Waals surface area contributed by atoms with E-state index in [1.807, 2.05) is 24.3 Å². The maximum Gasteiger partial charge on any atom is 0.243 e. The van der Waals surface area contributed by atoms with Gasteiger partial charge in [-0.15, -0.1) is 0 Å². The monoisotopic (exact) mass is 601 g/mol. The first kappa shape index (κ1) is 30.1. The van der Waals surface area contributed by atoms with Gasteiger partial charge in [0.2, 0.25) is 21.8 Å². The van der Waals surface area contributed by atoms with Gasteiger partial charge < -0.3 is 10.2 Å². The Labute approximate surface area is 246 Å². The van der Waals surface area contributed by atoms with Crippen LogP contribution in [0.15, 0.2) is 77.7 Å². The summed E-state index contributed by atoms with van der Waals surface area (Å²) in [6.45, 7) is 3.37. The predicted octanol–water partition coefficient (Wildman–Crippen LogP) is 5.44. The average molecular weight is 603 g/mol. The third-order valence-corrected chi connectivity index (χ3v) is 9.48. The van der Waals surface area contributed by atoms with Crippen LogP contribution >= 0.6 is 23.2 Å². The maximum absolute atomic E-state index is 13.4. The normalized spacial score (nSPS) is 14.6. The first-order valence-electron chi connectivity index (χ1n) is 13.3. The second kappa shape index (κ2) is 13.6. The molecule has 3 aromatic rings. The van der Waals surface area contributed by atoms with Crippen molar-refractivity contribution in [3.63, 3.8) is 0 Å². The summed E-state index contributed by atoms with van der Waals surface area (Å²) in [7, 11) is -3.49. The van der Waals surface area contributed by atoms with Crippen LogP contribution in [0.2, 0.25) is 10.0 Å². The Kier molecular flexibility index (Phi) is 10.2. The van der Waals surface area contributed by atoms with Crippen LogP contribution in [-0.4, -0.2) is 48.6 Å². The van der Waals surface area contributed by atoms with Crippen molar-refractivity contribution in [2.24, 2.45) is 0 Å². The fourth-order valence-corrected chi connectivity index (χ4v) is 6.38. The van der Waals surface area contributed by atoms with Crippen molar-refractivity contribution in [2.75, 3.05) is 13.1 Å². The number of aryl methyl sites for hydroxylation is 1. The van der Waals surface area contributed by atoms with E-state index in [0.29, 0.717) is 36.1 Å². The highest BCUT2D eigenvalue weighted by Crippen LogP contribution is 2.22. The molecule has 212 valence electrons. The van der Waals surface area contributed by atoms with Crippen LogP contribution in [-0.2, 0) is 39.1 Å². The van der Waals surface area contributed by atoms with E-state index in [1.165, 1.54) is 4.31 Å². The summed E-state index contributed by atoms with van der Waals surface area (Å²) in [5.74, 6) is -0.452. The summed E-state index contributed by atoms with van der Waals surface area (Å²) in [6, 6.07) is 20.4. The van der Waals surface area contributed by atoms with E-state index in [1.54, 1.807) is 60.4 Å². The van der Waals surface area contributed by atoms with E-state index >= 15 is 0 Å². The lowest BCUT2D eigenvalue weighted by atomic mass is 10.1. The second-order valence-electron chi connectivity index (χ2n) is 9.92. The number of sulfonamides is 1. The minimum absolute atomic E-state index is 0.167. The molecule has 40 heavy (non-hydrogen) atoms. The number of amides is 2. The summed E-state index contributed by atoms with van der Waals surface area (Å²) in [6.07, 6.45) is 2.34. The lowest BCUT2D eigenvalue weighted by Gasteiger charge is -2.29. The minimum atomic E-state index is -3.49. The molecule has 0 aromatic heterocycles. The van der Waals surface area contributed by atoms with E-state index in [0.717, 1.165) is 29.5 Å². The highest BCUT2D eigenvalue weighted by atomic mass is 35.5. The van der Waals surface area contributed by atoms with Crippen molar-refractivity contribution in [3.8, 4) is 0 Å². The third kappa shape index (κ3) is 7.85. The van der Waals surface area contributed by atoms with Gasteiger partial charge in [-0.05, 0) is 79.3 Å². The van der Waals surface area contributed by atoms with Crippen molar-refractivity contribution in [1.29, 1.82) is 0 Å².